The van der Waals surface area contributed by atoms with Crippen LogP contribution in [0.15, 0.2) is 54.9 Å². The summed E-state index contributed by atoms with van der Waals surface area (Å²) in [5.41, 5.74) is 1.39. The lowest BCUT2D eigenvalue weighted by Crippen LogP contribution is -2.15. The second-order valence-corrected chi connectivity index (χ2v) is 6.02. The zero-order chi connectivity index (χ0) is 19.5. The highest BCUT2D eigenvalue weighted by Gasteiger charge is 2.13. The number of amides is 1. The average molecular weight is 383 g/mol. The first kappa shape index (κ1) is 17.7. The Labute approximate surface area is 159 Å². The highest BCUT2D eigenvalue weighted by molar-refractivity contribution is 6.04. The molecular weight excluding hydrogens is 368 g/mol. The third-order valence-electron chi connectivity index (χ3n) is 4.01. The number of fused-ring (bicyclic) bond motifs is 1. The van der Waals surface area contributed by atoms with E-state index in [9.17, 15) is 13.6 Å². The highest BCUT2D eigenvalue weighted by atomic mass is 19.1. The standard InChI is InChI=1S/C20H15F2N3O3/c21-13-1-3-17(16(22)8-13)25-20(26)12-7-15(11-23-10-12)24-14-2-4-18-19(9-14)28-6-5-27-18/h1-4,7-11,24H,5-6H2,(H,25,26). The van der Waals surface area contributed by atoms with Crippen LogP contribution in [0.25, 0.3) is 0 Å². The molecule has 1 aliphatic rings. The molecule has 6 nitrogen and oxygen atoms in total. The summed E-state index contributed by atoms with van der Waals surface area (Å²) in [4.78, 5) is 16.4. The van der Waals surface area contributed by atoms with Crippen LogP contribution in [0.1, 0.15) is 10.4 Å². The van der Waals surface area contributed by atoms with Crippen molar-refractivity contribution >= 4 is 23.0 Å². The molecule has 8 heteroatoms. The van der Waals surface area contributed by atoms with Gasteiger partial charge in [-0.3, -0.25) is 9.78 Å². The Bertz CT molecular complexity index is 1040. The smallest absolute Gasteiger partial charge is 0.257 e. The molecule has 0 spiro atoms. The molecule has 0 atom stereocenters. The number of ether oxygens (including phenoxy) is 2. The summed E-state index contributed by atoms with van der Waals surface area (Å²) in [5, 5.41) is 5.53. The second kappa shape index (κ2) is 7.51. The highest BCUT2D eigenvalue weighted by Crippen LogP contribution is 2.33. The van der Waals surface area contributed by atoms with Crippen molar-refractivity contribution in [3.05, 3.63) is 72.1 Å². The van der Waals surface area contributed by atoms with Crippen LogP contribution in [-0.2, 0) is 0 Å². The van der Waals surface area contributed by atoms with Gasteiger partial charge in [0.25, 0.3) is 5.91 Å². The van der Waals surface area contributed by atoms with E-state index in [1.807, 2.05) is 6.07 Å². The minimum Gasteiger partial charge on any atom is -0.486 e. The van der Waals surface area contributed by atoms with Gasteiger partial charge in [-0.1, -0.05) is 0 Å². The van der Waals surface area contributed by atoms with E-state index in [0.717, 1.165) is 17.8 Å². The van der Waals surface area contributed by atoms with Crippen LogP contribution in [0.4, 0.5) is 25.8 Å². The van der Waals surface area contributed by atoms with Gasteiger partial charge in [0.2, 0.25) is 0 Å². The molecule has 1 aromatic heterocycles. The monoisotopic (exact) mass is 383 g/mol. The number of nitrogens with one attached hydrogen (secondary N) is 2. The van der Waals surface area contributed by atoms with Gasteiger partial charge in [0.05, 0.1) is 23.1 Å². The Morgan fingerprint density at radius 2 is 1.75 bits per heavy atom. The first-order valence-electron chi connectivity index (χ1n) is 8.46. The molecular formula is C20H15F2N3O3. The number of carbonyl (C=O) groups is 1. The van der Waals surface area contributed by atoms with E-state index in [1.165, 1.54) is 6.20 Å². The fourth-order valence-electron chi connectivity index (χ4n) is 2.71. The van der Waals surface area contributed by atoms with E-state index >= 15 is 0 Å². The van der Waals surface area contributed by atoms with Crippen molar-refractivity contribution in [2.24, 2.45) is 0 Å². The molecule has 0 radical (unpaired) electrons. The summed E-state index contributed by atoms with van der Waals surface area (Å²) in [6.45, 7) is 0.989. The molecule has 0 saturated heterocycles. The van der Waals surface area contributed by atoms with Crippen LogP contribution in [0.3, 0.4) is 0 Å². The maximum Gasteiger partial charge on any atom is 0.257 e. The number of pyridine rings is 1. The predicted molar refractivity (Wildman–Crippen MR) is 99.3 cm³/mol. The third kappa shape index (κ3) is 3.85. The number of rotatable bonds is 4. The van der Waals surface area contributed by atoms with Gasteiger partial charge in [0.15, 0.2) is 11.5 Å². The van der Waals surface area contributed by atoms with Crippen molar-refractivity contribution in [3.63, 3.8) is 0 Å². The van der Waals surface area contributed by atoms with E-state index in [0.29, 0.717) is 36.5 Å². The maximum absolute atomic E-state index is 13.7. The zero-order valence-electron chi connectivity index (χ0n) is 14.5. The largest absolute Gasteiger partial charge is 0.486 e. The third-order valence-corrected chi connectivity index (χ3v) is 4.01. The van der Waals surface area contributed by atoms with Crippen LogP contribution in [0, 0.1) is 11.6 Å². The minimum absolute atomic E-state index is 0.114. The number of hydrogen-bond acceptors (Lipinski definition) is 5. The van der Waals surface area contributed by atoms with E-state index < -0.39 is 17.5 Å². The number of halogens is 2. The molecule has 0 aliphatic carbocycles. The van der Waals surface area contributed by atoms with E-state index in [-0.39, 0.29) is 11.3 Å². The minimum atomic E-state index is -0.855. The van der Waals surface area contributed by atoms with Gasteiger partial charge in [0, 0.05) is 24.0 Å². The van der Waals surface area contributed by atoms with Crippen LogP contribution < -0.4 is 20.1 Å². The van der Waals surface area contributed by atoms with Crippen LogP contribution in [0.2, 0.25) is 0 Å². The van der Waals surface area contributed by atoms with Gasteiger partial charge in [-0.2, -0.15) is 0 Å². The van der Waals surface area contributed by atoms with Gasteiger partial charge < -0.3 is 20.1 Å². The maximum atomic E-state index is 13.7. The second-order valence-electron chi connectivity index (χ2n) is 6.02. The van der Waals surface area contributed by atoms with Crippen LogP contribution in [0.5, 0.6) is 11.5 Å². The summed E-state index contributed by atoms with van der Waals surface area (Å²) in [7, 11) is 0. The van der Waals surface area contributed by atoms with Crippen molar-refractivity contribution in [2.75, 3.05) is 23.8 Å². The van der Waals surface area contributed by atoms with E-state index in [4.69, 9.17) is 9.47 Å². The van der Waals surface area contributed by atoms with Crippen molar-refractivity contribution in [2.45, 2.75) is 0 Å². The van der Waals surface area contributed by atoms with Gasteiger partial charge in [0.1, 0.15) is 24.8 Å². The van der Waals surface area contributed by atoms with Gasteiger partial charge in [-0.25, -0.2) is 8.78 Å². The Hall–Kier alpha value is -3.68. The van der Waals surface area contributed by atoms with Crippen LogP contribution in [-0.4, -0.2) is 24.1 Å². The number of benzene rings is 2. The number of carbonyl (C=O) groups excluding carboxylic acids is 1. The molecule has 0 unspecified atom stereocenters. The molecule has 0 bridgehead atoms. The molecule has 1 aliphatic heterocycles. The number of anilines is 3. The lowest BCUT2D eigenvalue weighted by molar-refractivity contribution is 0.102. The van der Waals surface area contributed by atoms with Crippen molar-refractivity contribution < 1.29 is 23.0 Å². The van der Waals surface area contributed by atoms with Crippen molar-refractivity contribution in [1.82, 2.24) is 4.98 Å². The van der Waals surface area contributed by atoms with Gasteiger partial charge in [-0.05, 0) is 30.3 Å². The number of nitrogens with zero attached hydrogens (tertiary/aromatic N) is 1. The topological polar surface area (TPSA) is 72.5 Å². The lowest BCUT2D eigenvalue weighted by atomic mass is 10.2. The Kier molecular flexibility index (Phi) is 4.76. The Balaban J connectivity index is 1.50. The number of hydrogen-bond donors (Lipinski definition) is 2. The zero-order valence-corrected chi connectivity index (χ0v) is 14.5. The average Bonchev–Trinajstić information content (AvgIpc) is 2.70. The van der Waals surface area contributed by atoms with E-state index in [2.05, 4.69) is 15.6 Å². The van der Waals surface area contributed by atoms with Crippen molar-refractivity contribution in [3.8, 4) is 11.5 Å². The number of aromatic nitrogens is 1. The van der Waals surface area contributed by atoms with Gasteiger partial charge in [-0.15, -0.1) is 0 Å². The predicted octanol–water partition coefficient (Wildman–Crippen LogP) is 4.13. The molecule has 2 heterocycles. The molecule has 3 aromatic rings. The molecule has 2 N–H and O–H groups in total. The Morgan fingerprint density at radius 3 is 2.57 bits per heavy atom. The SMILES string of the molecule is O=C(Nc1ccc(F)cc1F)c1cncc(Nc2ccc3c(c2)OCCO3)c1. The van der Waals surface area contributed by atoms with E-state index in [1.54, 1.807) is 24.4 Å². The molecule has 142 valence electrons. The summed E-state index contributed by atoms with van der Waals surface area (Å²) in [6.07, 6.45) is 2.90. The fraction of sp³-hybridized carbons (Fsp3) is 0.100. The summed E-state index contributed by atoms with van der Waals surface area (Å²) >= 11 is 0. The Morgan fingerprint density at radius 1 is 0.929 bits per heavy atom. The molecule has 4 rings (SSSR count). The fourth-order valence-corrected chi connectivity index (χ4v) is 2.71. The molecule has 0 fully saturated rings. The molecule has 0 saturated carbocycles. The van der Waals surface area contributed by atoms with Gasteiger partial charge >= 0.3 is 0 Å². The lowest BCUT2D eigenvalue weighted by Gasteiger charge is -2.19. The molecule has 28 heavy (non-hydrogen) atoms. The summed E-state index contributed by atoms with van der Waals surface area (Å²) in [6, 6.07) is 9.89. The van der Waals surface area contributed by atoms with Crippen LogP contribution >= 0.6 is 0 Å². The quantitative estimate of drug-likeness (QED) is 0.709. The summed E-state index contributed by atoms with van der Waals surface area (Å²) in [5.74, 6) is -0.840. The normalized spacial score (nSPS) is 12.4. The van der Waals surface area contributed by atoms with Crippen molar-refractivity contribution in [1.29, 1.82) is 0 Å². The molecule has 1 amide bonds. The first-order chi connectivity index (χ1) is 13.6. The first-order valence-corrected chi connectivity index (χ1v) is 8.46. The molecule has 2 aromatic carbocycles. The summed E-state index contributed by atoms with van der Waals surface area (Å²) < 4.78 is 37.7.